The van der Waals surface area contributed by atoms with E-state index in [4.69, 9.17) is 0 Å². The lowest BCUT2D eigenvalue weighted by Gasteiger charge is -2.57. The number of hydrogen-bond donors (Lipinski definition) is 0. The molecule has 0 amide bonds. The minimum absolute atomic E-state index is 0.0163. The summed E-state index contributed by atoms with van der Waals surface area (Å²) in [5, 5.41) is 1.43. The number of fused-ring (bicyclic) bond motifs is 7. The van der Waals surface area contributed by atoms with Crippen LogP contribution in [0, 0.1) is 24.7 Å². The van der Waals surface area contributed by atoms with Crippen LogP contribution in [0.25, 0.3) is 21.2 Å². The summed E-state index contributed by atoms with van der Waals surface area (Å²) in [4.78, 5) is 5.54. The molecule has 408 valence electrons. The van der Waals surface area contributed by atoms with Crippen LogP contribution in [0.5, 0.6) is 0 Å². The molecule has 0 radical (unpaired) electrons. The number of rotatable bonds is 5. The molecule has 7 aromatic rings. The third-order valence-corrected chi connectivity index (χ3v) is 22.9. The first-order valence-corrected chi connectivity index (χ1v) is 32.1. The quantitative estimate of drug-likeness (QED) is 0.159. The number of anilines is 6. The Labute approximate surface area is 480 Å². The van der Waals surface area contributed by atoms with E-state index in [2.05, 4.69) is 221 Å². The fourth-order valence-corrected chi connectivity index (χ4v) is 18.8. The van der Waals surface area contributed by atoms with Crippen LogP contribution in [0.15, 0.2) is 103 Å². The van der Waals surface area contributed by atoms with Crippen molar-refractivity contribution in [1.82, 2.24) is 0 Å². The van der Waals surface area contributed by atoms with E-state index >= 15 is 0 Å². The topological polar surface area (TPSA) is 6.48 Å². The minimum Gasteiger partial charge on any atom is -0.311 e. The lowest BCUT2D eigenvalue weighted by atomic mass is 9.36. The normalized spacial score (nSPS) is 23.9. The van der Waals surface area contributed by atoms with Crippen molar-refractivity contribution in [2.45, 2.75) is 219 Å². The molecule has 2 nitrogen and oxygen atoms in total. The monoisotopic (exact) mass is 1060 g/mol. The molecule has 1 aromatic heterocycles. The van der Waals surface area contributed by atoms with Gasteiger partial charge in [0.25, 0.3) is 6.71 Å². The van der Waals surface area contributed by atoms with Crippen LogP contribution >= 0.6 is 11.3 Å². The zero-order chi connectivity index (χ0) is 55.1. The Morgan fingerprint density at radius 3 is 1.71 bits per heavy atom. The van der Waals surface area contributed by atoms with Gasteiger partial charge in [-0.15, -0.1) is 11.3 Å². The molecule has 8 aliphatic rings. The maximum atomic E-state index is 2.79. The van der Waals surface area contributed by atoms with Gasteiger partial charge in [0.05, 0.1) is 11.4 Å². The zero-order valence-corrected chi connectivity index (χ0v) is 51.5. The molecule has 0 N–H and O–H groups in total. The molecule has 4 bridgehead atoms. The average molecular weight is 1060 g/mol. The van der Waals surface area contributed by atoms with Crippen LogP contribution in [-0.4, -0.2) is 6.71 Å². The van der Waals surface area contributed by atoms with Gasteiger partial charge < -0.3 is 9.80 Å². The molecule has 3 heterocycles. The van der Waals surface area contributed by atoms with E-state index in [1.165, 1.54) is 182 Å². The molecule has 0 saturated heterocycles. The van der Waals surface area contributed by atoms with Crippen molar-refractivity contribution < 1.29 is 0 Å². The van der Waals surface area contributed by atoms with Gasteiger partial charge in [-0.3, -0.25) is 0 Å². The Balaban J connectivity index is 1.05. The van der Waals surface area contributed by atoms with E-state index in [0.717, 1.165) is 17.8 Å². The molecule has 5 fully saturated rings. The largest absolute Gasteiger partial charge is 0.311 e. The van der Waals surface area contributed by atoms with Gasteiger partial charge in [-0.05, 0) is 243 Å². The number of nitrogens with zero attached hydrogens (tertiary/aromatic N) is 2. The molecule has 5 saturated carbocycles. The summed E-state index contributed by atoms with van der Waals surface area (Å²) in [7, 11) is 0. The molecular formula is C75H89BN2S. The minimum atomic E-state index is -0.0307. The predicted molar refractivity (Wildman–Crippen MR) is 343 cm³/mol. The summed E-state index contributed by atoms with van der Waals surface area (Å²) in [6.45, 7) is 34.0. The van der Waals surface area contributed by atoms with E-state index in [9.17, 15) is 0 Å². The molecule has 0 atom stereocenters. The summed E-state index contributed by atoms with van der Waals surface area (Å²) >= 11 is 2.11. The van der Waals surface area contributed by atoms with Crippen LogP contribution in [-0.2, 0) is 32.5 Å². The van der Waals surface area contributed by atoms with Crippen LogP contribution < -0.4 is 25.5 Å². The first-order chi connectivity index (χ1) is 37.3. The van der Waals surface area contributed by atoms with E-state index < -0.39 is 0 Å². The highest BCUT2D eigenvalue weighted by Gasteiger charge is 2.52. The second-order valence-electron chi connectivity index (χ2n) is 31.5. The second kappa shape index (κ2) is 17.7. The average Bonchev–Trinajstić information content (AvgIpc) is 3.97. The first kappa shape index (κ1) is 52.0. The highest BCUT2D eigenvalue weighted by molar-refractivity contribution is 7.33. The summed E-state index contributed by atoms with van der Waals surface area (Å²) in [5.74, 6) is 3.35. The predicted octanol–water partition coefficient (Wildman–Crippen LogP) is 19.7. The number of aryl methyl sites for hydroxylation is 1. The van der Waals surface area contributed by atoms with Crippen LogP contribution in [0.1, 0.15) is 224 Å². The van der Waals surface area contributed by atoms with E-state index in [1.54, 1.807) is 16.7 Å². The molecule has 2 aliphatic heterocycles. The van der Waals surface area contributed by atoms with E-state index in [0.29, 0.717) is 11.3 Å². The molecular weight excluding hydrogens is 972 g/mol. The van der Waals surface area contributed by atoms with Gasteiger partial charge in [0.1, 0.15) is 0 Å². The summed E-state index contributed by atoms with van der Waals surface area (Å²) in [6, 6.07) is 43.8. The van der Waals surface area contributed by atoms with E-state index in [-0.39, 0.29) is 33.8 Å². The van der Waals surface area contributed by atoms with Crippen molar-refractivity contribution in [3.05, 3.63) is 148 Å². The van der Waals surface area contributed by atoms with Crippen LogP contribution in [0.2, 0.25) is 0 Å². The molecule has 15 rings (SSSR count). The Morgan fingerprint density at radius 2 is 1.11 bits per heavy atom. The van der Waals surface area contributed by atoms with E-state index in [1.807, 2.05) is 0 Å². The van der Waals surface area contributed by atoms with Gasteiger partial charge in [-0.1, -0.05) is 158 Å². The lowest BCUT2D eigenvalue weighted by Crippen LogP contribution is -2.60. The fourth-order valence-electron chi connectivity index (χ4n) is 17.4. The molecule has 6 aliphatic carbocycles. The van der Waals surface area contributed by atoms with Gasteiger partial charge >= 0.3 is 0 Å². The Morgan fingerprint density at radius 1 is 0.544 bits per heavy atom. The molecule has 4 heteroatoms. The highest BCUT2D eigenvalue weighted by Crippen LogP contribution is 2.61. The molecule has 6 aromatic carbocycles. The summed E-state index contributed by atoms with van der Waals surface area (Å²) < 4.78 is 2.95. The summed E-state index contributed by atoms with van der Waals surface area (Å²) in [6.07, 6.45) is 17.6. The van der Waals surface area contributed by atoms with Crippen molar-refractivity contribution in [1.29, 1.82) is 0 Å². The Kier molecular flexibility index (Phi) is 11.7. The van der Waals surface area contributed by atoms with Crippen molar-refractivity contribution in [3.63, 3.8) is 0 Å². The highest BCUT2D eigenvalue weighted by atomic mass is 32.1. The molecule has 0 unspecified atom stereocenters. The third-order valence-electron chi connectivity index (χ3n) is 21.7. The third kappa shape index (κ3) is 8.41. The maximum absolute atomic E-state index is 2.79. The SMILES string of the molecule is Cc1cc2c3c(c1)N(c1ccc(C45CC6CC(CC(C6)C4)C5)cc1)c1c(sc4cc5c(cc14)C(C)(C)CCC5(C)C)B3c1cc(C3CCCCC3)ccc1N2c1ccc(C(C)(C)C)cc1-c1cc(C(C)(C)C)cc(C(C)(C)C)c1. The summed E-state index contributed by atoms with van der Waals surface area (Å²) in [5.41, 5.74) is 25.8. The zero-order valence-electron chi connectivity index (χ0n) is 50.7. The number of benzene rings is 6. The molecule has 0 spiro atoms. The second-order valence-corrected chi connectivity index (χ2v) is 32.6. The maximum Gasteiger partial charge on any atom is 0.264 e. The Bertz CT molecular complexity index is 3540. The van der Waals surface area contributed by atoms with Crippen LogP contribution in [0.3, 0.4) is 0 Å². The van der Waals surface area contributed by atoms with Crippen molar-refractivity contribution in [3.8, 4) is 11.1 Å². The first-order valence-electron chi connectivity index (χ1n) is 31.3. The van der Waals surface area contributed by atoms with Gasteiger partial charge in [0.2, 0.25) is 0 Å². The smallest absolute Gasteiger partial charge is 0.264 e. The standard InChI is InChI=1S/C75H89BN2S/c1-45-30-64-67-65(31-45)78(62-27-23-53(70(2,3)4)39-57(62)51-35-54(71(5,6)7)38-55(36-51)72(8,9)10)63-26-20-50(49-18-16-15-17-19-49)37-61(63)76(67)69-68(58-40-59-60(41-66(58)79-69)74(13,14)29-28-73(59,11)12)77(64)56-24-21-52(22-25-56)75-42-46-32-47(43-75)34-48(33-46)44-75/h20-27,30-31,35-41,46-49H,15-19,28-29,32-34,42-44H2,1-14H3. The lowest BCUT2D eigenvalue weighted by molar-refractivity contribution is -0.00518. The molecule has 79 heavy (non-hydrogen) atoms. The van der Waals surface area contributed by atoms with Gasteiger partial charge in [-0.25, -0.2) is 0 Å². The van der Waals surface area contributed by atoms with Gasteiger partial charge in [-0.2, -0.15) is 0 Å². The fraction of sp³-hybridized carbons (Fsp3) is 0.493. The van der Waals surface area contributed by atoms with Crippen molar-refractivity contribution in [2.75, 3.05) is 9.80 Å². The number of thiophene rings is 1. The van der Waals surface area contributed by atoms with Crippen LogP contribution in [0.4, 0.5) is 34.1 Å². The van der Waals surface area contributed by atoms with Gasteiger partial charge in [0, 0.05) is 43.2 Å². The van der Waals surface area contributed by atoms with Crippen molar-refractivity contribution >= 4 is 78.0 Å². The number of hydrogen-bond acceptors (Lipinski definition) is 3. The van der Waals surface area contributed by atoms with Crippen molar-refractivity contribution in [2.24, 2.45) is 17.8 Å². The Hall–Kier alpha value is -5.06. The van der Waals surface area contributed by atoms with Gasteiger partial charge in [0.15, 0.2) is 0 Å².